The summed E-state index contributed by atoms with van der Waals surface area (Å²) in [5, 5.41) is 7.34. The molecule has 1 aromatic carbocycles. The Hall–Kier alpha value is -2.21. The molecule has 0 saturated heterocycles. The van der Waals surface area contributed by atoms with Crippen LogP contribution in [0.25, 0.3) is 0 Å². The van der Waals surface area contributed by atoms with Gasteiger partial charge in [0.25, 0.3) is 0 Å². The highest BCUT2D eigenvalue weighted by molar-refractivity contribution is 5.83. The quantitative estimate of drug-likeness (QED) is 0.886. The second-order valence-electron chi connectivity index (χ2n) is 6.70. The Labute approximate surface area is 141 Å². The number of halogens is 1. The van der Waals surface area contributed by atoms with E-state index >= 15 is 0 Å². The van der Waals surface area contributed by atoms with Crippen molar-refractivity contribution in [3.8, 4) is 0 Å². The first kappa shape index (κ1) is 16.6. The van der Waals surface area contributed by atoms with Gasteiger partial charge in [0.2, 0.25) is 5.91 Å². The van der Waals surface area contributed by atoms with E-state index in [0.717, 1.165) is 17.0 Å². The van der Waals surface area contributed by atoms with Gasteiger partial charge in [0.05, 0.1) is 17.9 Å². The fourth-order valence-corrected chi connectivity index (χ4v) is 2.90. The van der Waals surface area contributed by atoms with Crippen molar-refractivity contribution in [1.82, 2.24) is 20.0 Å². The Bertz CT molecular complexity index is 706. The zero-order chi connectivity index (χ0) is 17.3. The van der Waals surface area contributed by atoms with Crippen LogP contribution in [0.4, 0.5) is 4.39 Å². The van der Waals surface area contributed by atoms with Gasteiger partial charge in [-0.2, -0.15) is 5.10 Å². The maximum atomic E-state index is 13.2. The highest BCUT2D eigenvalue weighted by Crippen LogP contribution is 2.39. The Morgan fingerprint density at radius 2 is 1.96 bits per heavy atom. The summed E-state index contributed by atoms with van der Waals surface area (Å²) in [6.07, 6.45) is 2.40. The Balaban J connectivity index is 1.72. The molecular weight excluding hydrogens is 307 g/mol. The summed E-state index contributed by atoms with van der Waals surface area (Å²) in [5.41, 5.74) is 2.81. The largest absolute Gasteiger partial charge is 0.338 e. The molecule has 1 atom stereocenters. The summed E-state index contributed by atoms with van der Waals surface area (Å²) in [7, 11) is 5.47. The average molecular weight is 330 g/mol. The van der Waals surface area contributed by atoms with Gasteiger partial charge < -0.3 is 4.90 Å². The van der Waals surface area contributed by atoms with Crippen LogP contribution in [0.1, 0.15) is 41.8 Å². The molecule has 3 rings (SSSR count). The lowest BCUT2D eigenvalue weighted by Gasteiger charge is -2.28. The van der Waals surface area contributed by atoms with Crippen molar-refractivity contribution in [3.63, 3.8) is 0 Å². The van der Waals surface area contributed by atoms with Gasteiger partial charge in [-0.3, -0.25) is 14.8 Å². The van der Waals surface area contributed by atoms with Gasteiger partial charge in [0.1, 0.15) is 11.9 Å². The number of benzene rings is 1. The number of aromatic nitrogens is 2. The summed E-state index contributed by atoms with van der Waals surface area (Å²) in [6.45, 7) is 0.476. The molecule has 2 aromatic rings. The van der Waals surface area contributed by atoms with Crippen LogP contribution in [0.5, 0.6) is 0 Å². The van der Waals surface area contributed by atoms with E-state index in [4.69, 9.17) is 0 Å². The molecule has 1 heterocycles. The Kier molecular flexibility index (Phi) is 4.66. The topological polar surface area (TPSA) is 52.2 Å². The molecule has 6 heteroatoms. The van der Waals surface area contributed by atoms with Gasteiger partial charge in [-0.15, -0.1) is 0 Å². The van der Waals surface area contributed by atoms with Crippen molar-refractivity contribution in [2.75, 3.05) is 21.1 Å². The monoisotopic (exact) mass is 330 g/mol. The minimum Gasteiger partial charge on any atom is -0.338 e. The first-order valence-electron chi connectivity index (χ1n) is 8.16. The van der Waals surface area contributed by atoms with Gasteiger partial charge in [-0.25, -0.2) is 4.39 Å². The third-order valence-electron chi connectivity index (χ3n) is 4.37. The number of carbonyl (C=O) groups excluding carboxylic acids is 1. The summed E-state index contributed by atoms with van der Waals surface area (Å²) in [4.78, 5) is 16.4. The van der Waals surface area contributed by atoms with E-state index in [1.54, 1.807) is 24.1 Å². The number of likely N-dealkylation sites (N-methyl/N-ethyl adjacent to an activating group) is 2. The van der Waals surface area contributed by atoms with Gasteiger partial charge >= 0.3 is 0 Å². The van der Waals surface area contributed by atoms with Crippen molar-refractivity contribution >= 4 is 5.91 Å². The maximum Gasteiger partial charge on any atom is 0.244 e. The van der Waals surface area contributed by atoms with Gasteiger partial charge in [-0.05, 0) is 50.7 Å². The molecular formula is C18H23FN4O. The molecule has 24 heavy (non-hydrogen) atoms. The fourth-order valence-electron chi connectivity index (χ4n) is 2.90. The third-order valence-corrected chi connectivity index (χ3v) is 4.37. The molecule has 1 N–H and O–H groups in total. The molecule has 1 aromatic heterocycles. The Morgan fingerprint density at radius 1 is 1.29 bits per heavy atom. The summed E-state index contributed by atoms with van der Waals surface area (Å²) in [5.74, 6) is 0.251. The number of nitrogens with zero attached hydrogens (tertiary/aromatic N) is 3. The van der Waals surface area contributed by atoms with E-state index < -0.39 is 6.04 Å². The van der Waals surface area contributed by atoms with Crippen molar-refractivity contribution in [2.24, 2.45) is 0 Å². The highest BCUT2D eigenvalue weighted by atomic mass is 19.1. The molecule has 1 aliphatic rings. The smallest absolute Gasteiger partial charge is 0.244 e. The van der Waals surface area contributed by atoms with E-state index in [-0.39, 0.29) is 11.7 Å². The molecule has 0 aliphatic heterocycles. The molecule has 0 spiro atoms. The molecule has 0 radical (unpaired) electrons. The lowest BCUT2D eigenvalue weighted by molar-refractivity contribution is -0.135. The minimum atomic E-state index is -0.443. The first-order chi connectivity index (χ1) is 11.5. The predicted molar refractivity (Wildman–Crippen MR) is 89.9 cm³/mol. The molecule has 1 saturated carbocycles. The van der Waals surface area contributed by atoms with Crippen LogP contribution in [0, 0.1) is 5.82 Å². The maximum absolute atomic E-state index is 13.2. The van der Waals surface area contributed by atoms with Crippen LogP contribution >= 0.6 is 0 Å². The molecule has 0 unspecified atom stereocenters. The van der Waals surface area contributed by atoms with Crippen LogP contribution in [-0.4, -0.2) is 47.0 Å². The van der Waals surface area contributed by atoms with Crippen LogP contribution in [-0.2, 0) is 11.3 Å². The van der Waals surface area contributed by atoms with E-state index in [1.165, 1.54) is 25.0 Å². The van der Waals surface area contributed by atoms with E-state index in [1.807, 2.05) is 25.1 Å². The molecule has 1 aliphatic carbocycles. The average Bonchev–Trinajstić information content (AvgIpc) is 3.29. The number of hydrogen-bond donors (Lipinski definition) is 1. The SMILES string of the molecule is CN(Cc1cc(C2CC2)n[nH]1)C(=O)[C@H](c1ccc(F)cc1)N(C)C. The number of hydrogen-bond acceptors (Lipinski definition) is 3. The molecule has 0 bridgehead atoms. The number of H-pyrrole nitrogens is 1. The second-order valence-corrected chi connectivity index (χ2v) is 6.70. The number of carbonyl (C=O) groups is 1. The summed E-state index contributed by atoms with van der Waals surface area (Å²) >= 11 is 0. The predicted octanol–water partition coefficient (Wildman–Crippen LogP) is 2.69. The van der Waals surface area contributed by atoms with Crippen LogP contribution in [0.3, 0.4) is 0 Å². The van der Waals surface area contributed by atoms with Gasteiger partial charge in [0, 0.05) is 13.0 Å². The van der Waals surface area contributed by atoms with Crippen molar-refractivity contribution in [3.05, 3.63) is 53.1 Å². The number of amides is 1. The minimum absolute atomic E-state index is 0.0332. The summed E-state index contributed by atoms with van der Waals surface area (Å²) in [6, 6.07) is 7.69. The molecule has 1 amide bonds. The van der Waals surface area contributed by atoms with Crippen molar-refractivity contribution in [2.45, 2.75) is 31.3 Å². The zero-order valence-corrected chi connectivity index (χ0v) is 14.3. The lowest BCUT2D eigenvalue weighted by Crippen LogP contribution is -2.38. The number of aromatic amines is 1. The Morgan fingerprint density at radius 3 is 2.54 bits per heavy atom. The van der Waals surface area contributed by atoms with Crippen LogP contribution < -0.4 is 0 Å². The fraction of sp³-hybridized carbons (Fsp3) is 0.444. The van der Waals surface area contributed by atoms with Gasteiger partial charge in [0.15, 0.2) is 0 Å². The van der Waals surface area contributed by atoms with E-state index in [2.05, 4.69) is 10.2 Å². The third kappa shape index (κ3) is 3.64. The van der Waals surface area contributed by atoms with E-state index in [9.17, 15) is 9.18 Å². The van der Waals surface area contributed by atoms with Crippen molar-refractivity contribution in [1.29, 1.82) is 0 Å². The zero-order valence-electron chi connectivity index (χ0n) is 14.3. The van der Waals surface area contributed by atoms with Crippen LogP contribution in [0.15, 0.2) is 30.3 Å². The van der Waals surface area contributed by atoms with Crippen molar-refractivity contribution < 1.29 is 9.18 Å². The summed E-state index contributed by atoms with van der Waals surface area (Å²) < 4.78 is 13.2. The van der Waals surface area contributed by atoms with Crippen LogP contribution in [0.2, 0.25) is 0 Å². The molecule has 1 fully saturated rings. The number of nitrogens with one attached hydrogen (secondary N) is 1. The van der Waals surface area contributed by atoms with Gasteiger partial charge in [-0.1, -0.05) is 12.1 Å². The highest BCUT2D eigenvalue weighted by Gasteiger charge is 2.28. The molecule has 5 nitrogen and oxygen atoms in total. The normalized spacial score (nSPS) is 15.5. The standard InChI is InChI=1S/C18H23FN4O/c1-22(2)17(13-6-8-14(19)9-7-13)18(24)23(3)11-15-10-16(21-20-15)12-4-5-12/h6-10,12,17H,4-5,11H2,1-3H3,(H,20,21)/t17-/m0/s1. The number of rotatable bonds is 6. The second kappa shape index (κ2) is 6.73. The first-order valence-corrected chi connectivity index (χ1v) is 8.16. The van der Waals surface area contributed by atoms with E-state index in [0.29, 0.717) is 12.5 Å². The lowest BCUT2D eigenvalue weighted by atomic mass is 10.0. The molecule has 128 valence electrons.